The summed E-state index contributed by atoms with van der Waals surface area (Å²) in [6.07, 6.45) is -4.77. The van der Waals surface area contributed by atoms with Crippen molar-refractivity contribution in [3.05, 3.63) is 59.4 Å². The number of aromatic carboxylic acids is 1. The van der Waals surface area contributed by atoms with Gasteiger partial charge in [0.05, 0.1) is 0 Å². The summed E-state index contributed by atoms with van der Waals surface area (Å²) in [5.74, 6) is -0.812. The van der Waals surface area contributed by atoms with Crippen LogP contribution in [0.2, 0.25) is 0 Å². The number of carboxylic acid groups (broad SMARTS) is 1. The van der Waals surface area contributed by atoms with Gasteiger partial charge in [-0.1, -0.05) is 12.1 Å². The van der Waals surface area contributed by atoms with Gasteiger partial charge >= 0.3 is 12.3 Å². The Bertz CT molecular complexity index is 959. The third-order valence-electron chi connectivity index (χ3n) is 3.59. The number of fused-ring (bicyclic) bond motifs is 1. The van der Waals surface area contributed by atoms with Crippen LogP contribution in [0.25, 0.3) is 11.0 Å². The number of hydrogen-bond donors (Lipinski definition) is 1. The number of furan rings is 1. The third-order valence-corrected chi connectivity index (χ3v) is 3.59. The molecule has 0 unspecified atom stereocenters. The van der Waals surface area contributed by atoms with Crippen molar-refractivity contribution in [3.63, 3.8) is 0 Å². The van der Waals surface area contributed by atoms with Gasteiger partial charge in [-0.05, 0) is 42.8 Å². The van der Waals surface area contributed by atoms with Crippen LogP contribution >= 0.6 is 0 Å². The maximum Gasteiger partial charge on any atom is 0.573 e. The highest BCUT2D eigenvalue weighted by molar-refractivity contribution is 6.03. The molecule has 0 saturated heterocycles. The van der Waals surface area contributed by atoms with E-state index in [9.17, 15) is 23.1 Å². The minimum absolute atomic E-state index is 0.0141. The predicted octanol–water partition coefficient (Wildman–Crippen LogP) is 4.92. The Balaban J connectivity index is 1.79. The molecule has 0 aliphatic heterocycles. The fraction of sp³-hybridized carbons (Fsp3) is 0.167. The fourth-order valence-corrected chi connectivity index (χ4v) is 2.55. The van der Waals surface area contributed by atoms with Crippen molar-refractivity contribution in [2.45, 2.75) is 19.9 Å². The topological polar surface area (TPSA) is 68.9 Å². The molecule has 0 saturated carbocycles. The zero-order valence-corrected chi connectivity index (χ0v) is 13.5. The van der Waals surface area contributed by atoms with Crippen LogP contribution in [0.1, 0.15) is 21.7 Å². The Morgan fingerprint density at radius 3 is 2.62 bits per heavy atom. The molecule has 0 bridgehead atoms. The zero-order chi connectivity index (χ0) is 18.9. The molecule has 3 aromatic rings. The summed E-state index contributed by atoms with van der Waals surface area (Å²) in [7, 11) is 0. The molecule has 1 aromatic heterocycles. The zero-order valence-electron chi connectivity index (χ0n) is 13.5. The van der Waals surface area contributed by atoms with Gasteiger partial charge in [0.25, 0.3) is 0 Å². The maximum absolute atomic E-state index is 12.3. The molecule has 1 N–H and O–H groups in total. The van der Waals surface area contributed by atoms with Crippen LogP contribution in [-0.2, 0) is 6.61 Å². The van der Waals surface area contributed by atoms with E-state index in [0.717, 1.165) is 0 Å². The molecule has 0 amide bonds. The Kier molecular flexibility index (Phi) is 4.50. The van der Waals surface area contributed by atoms with Gasteiger partial charge in [0.2, 0.25) is 0 Å². The molecule has 3 rings (SSSR count). The van der Waals surface area contributed by atoms with Crippen LogP contribution in [0, 0.1) is 6.92 Å². The molecule has 0 aliphatic rings. The van der Waals surface area contributed by atoms with Crippen molar-refractivity contribution >= 4 is 16.9 Å². The van der Waals surface area contributed by atoms with Gasteiger partial charge in [-0.2, -0.15) is 0 Å². The number of carboxylic acids is 1. The number of benzene rings is 2. The van der Waals surface area contributed by atoms with Gasteiger partial charge in [-0.3, -0.25) is 0 Å². The number of ether oxygens (including phenoxy) is 2. The Hall–Kier alpha value is -3.16. The Morgan fingerprint density at radius 2 is 1.92 bits per heavy atom. The van der Waals surface area contributed by atoms with Crippen molar-refractivity contribution < 1.29 is 37.0 Å². The van der Waals surface area contributed by atoms with E-state index in [4.69, 9.17) is 9.15 Å². The van der Waals surface area contributed by atoms with Crippen LogP contribution in [0.3, 0.4) is 0 Å². The summed E-state index contributed by atoms with van der Waals surface area (Å²) in [6, 6.07) is 10.1. The SMILES string of the molecule is Cc1oc2ccc(OCc3cccc(OC(F)(F)F)c3)cc2c1C(=O)O. The molecule has 0 aliphatic carbocycles. The number of hydrogen-bond acceptors (Lipinski definition) is 4. The lowest BCUT2D eigenvalue weighted by molar-refractivity contribution is -0.274. The summed E-state index contributed by atoms with van der Waals surface area (Å²) < 4.78 is 51.6. The molecule has 5 nitrogen and oxygen atoms in total. The first kappa shape index (κ1) is 17.7. The Labute approximate surface area is 145 Å². The van der Waals surface area contributed by atoms with Gasteiger partial charge in [-0.25, -0.2) is 4.79 Å². The lowest BCUT2D eigenvalue weighted by Gasteiger charge is -2.11. The number of alkyl halides is 3. The van der Waals surface area contributed by atoms with Crippen LogP contribution in [-0.4, -0.2) is 17.4 Å². The summed E-state index contributed by atoms with van der Waals surface area (Å²) in [5, 5.41) is 9.66. The minimum Gasteiger partial charge on any atom is -0.489 e. The van der Waals surface area contributed by atoms with E-state index >= 15 is 0 Å². The molecule has 26 heavy (non-hydrogen) atoms. The van der Waals surface area contributed by atoms with Crippen molar-refractivity contribution in [3.8, 4) is 11.5 Å². The first-order chi connectivity index (χ1) is 12.2. The van der Waals surface area contributed by atoms with Crippen molar-refractivity contribution in [1.29, 1.82) is 0 Å². The summed E-state index contributed by atoms with van der Waals surface area (Å²) >= 11 is 0. The lowest BCUT2D eigenvalue weighted by atomic mass is 10.1. The molecule has 136 valence electrons. The summed E-state index contributed by atoms with van der Waals surface area (Å²) in [4.78, 5) is 11.3. The van der Waals surface area contributed by atoms with Gasteiger partial charge < -0.3 is 19.0 Å². The van der Waals surface area contributed by atoms with E-state index in [1.54, 1.807) is 25.1 Å². The minimum atomic E-state index is -4.77. The van der Waals surface area contributed by atoms with Crippen LogP contribution < -0.4 is 9.47 Å². The number of aryl methyl sites for hydroxylation is 1. The van der Waals surface area contributed by atoms with E-state index < -0.39 is 12.3 Å². The molecule has 2 aromatic carbocycles. The Morgan fingerprint density at radius 1 is 1.15 bits per heavy atom. The summed E-state index contributed by atoms with van der Waals surface area (Å²) in [6.45, 7) is 1.54. The second-order valence-corrected chi connectivity index (χ2v) is 5.48. The molecule has 0 spiro atoms. The highest BCUT2D eigenvalue weighted by Gasteiger charge is 2.31. The average molecular weight is 366 g/mol. The predicted molar refractivity (Wildman–Crippen MR) is 85.4 cm³/mol. The highest BCUT2D eigenvalue weighted by atomic mass is 19.4. The first-order valence-corrected chi connectivity index (χ1v) is 7.47. The smallest absolute Gasteiger partial charge is 0.489 e. The highest BCUT2D eigenvalue weighted by Crippen LogP contribution is 2.30. The fourth-order valence-electron chi connectivity index (χ4n) is 2.55. The molecule has 1 heterocycles. The quantitative estimate of drug-likeness (QED) is 0.694. The summed E-state index contributed by atoms with van der Waals surface area (Å²) in [5.41, 5.74) is 0.924. The first-order valence-electron chi connectivity index (χ1n) is 7.47. The number of carbonyl (C=O) groups is 1. The van der Waals surface area contributed by atoms with Gasteiger partial charge in [0, 0.05) is 5.39 Å². The van der Waals surface area contributed by atoms with Crippen molar-refractivity contribution in [1.82, 2.24) is 0 Å². The van der Waals surface area contributed by atoms with Crippen LogP contribution in [0.15, 0.2) is 46.9 Å². The number of halogens is 3. The lowest BCUT2D eigenvalue weighted by Crippen LogP contribution is -2.17. The van der Waals surface area contributed by atoms with E-state index in [2.05, 4.69) is 4.74 Å². The largest absolute Gasteiger partial charge is 0.573 e. The van der Waals surface area contributed by atoms with Crippen molar-refractivity contribution in [2.24, 2.45) is 0 Å². The van der Waals surface area contributed by atoms with Gasteiger partial charge in [-0.15, -0.1) is 13.2 Å². The maximum atomic E-state index is 12.3. The van der Waals surface area contributed by atoms with Crippen molar-refractivity contribution in [2.75, 3.05) is 0 Å². The van der Waals surface area contributed by atoms with Gasteiger partial charge in [0.1, 0.15) is 35.0 Å². The average Bonchev–Trinajstić information content (AvgIpc) is 2.86. The molecular formula is C18H13F3O5. The van der Waals surface area contributed by atoms with E-state index in [0.29, 0.717) is 22.3 Å². The van der Waals surface area contributed by atoms with E-state index in [1.165, 1.54) is 24.3 Å². The number of rotatable bonds is 5. The van der Waals surface area contributed by atoms with E-state index in [1.807, 2.05) is 0 Å². The molecule has 0 radical (unpaired) electrons. The molecule has 0 atom stereocenters. The molecule has 8 heteroatoms. The second kappa shape index (κ2) is 6.62. The second-order valence-electron chi connectivity index (χ2n) is 5.48. The van der Waals surface area contributed by atoms with Crippen LogP contribution in [0.5, 0.6) is 11.5 Å². The monoisotopic (exact) mass is 366 g/mol. The third kappa shape index (κ3) is 3.90. The molecule has 0 fully saturated rings. The molecular weight excluding hydrogens is 353 g/mol. The van der Waals surface area contributed by atoms with Gasteiger partial charge in [0.15, 0.2) is 0 Å². The standard InChI is InChI=1S/C18H13F3O5/c1-10-16(17(22)23)14-8-12(5-6-15(14)25-10)24-9-11-3-2-4-13(7-11)26-18(19,20)21/h2-8H,9H2,1H3,(H,22,23). The van der Waals surface area contributed by atoms with Crippen LogP contribution in [0.4, 0.5) is 13.2 Å². The normalized spacial score (nSPS) is 11.5. The van der Waals surface area contributed by atoms with E-state index in [-0.39, 0.29) is 23.7 Å².